The first kappa shape index (κ1) is 19.7. The van der Waals surface area contributed by atoms with Crippen molar-refractivity contribution in [3.63, 3.8) is 0 Å². The number of hydrogen-bond donors (Lipinski definition) is 0. The third-order valence-corrected chi connectivity index (χ3v) is 2.91. The fourth-order valence-corrected chi connectivity index (χ4v) is 1.97. The van der Waals surface area contributed by atoms with Crippen molar-refractivity contribution in [2.24, 2.45) is 0 Å². The van der Waals surface area contributed by atoms with Crippen molar-refractivity contribution in [2.75, 3.05) is 7.05 Å². The molecule has 0 saturated carbocycles. The molecule has 1 radical (unpaired) electrons. The maximum Gasteiger partial charge on any atom is 0.433 e. The van der Waals surface area contributed by atoms with Gasteiger partial charge in [-0.05, 0) is 19.2 Å². The van der Waals surface area contributed by atoms with Crippen LogP contribution < -0.4 is 0 Å². The summed E-state index contributed by atoms with van der Waals surface area (Å²) in [6.07, 6.45) is -3.08. The molecule has 3 rings (SSSR count). The van der Waals surface area contributed by atoms with Gasteiger partial charge in [-0.1, -0.05) is 6.07 Å². The summed E-state index contributed by atoms with van der Waals surface area (Å²) >= 11 is 0. The Balaban J connectivity index is 0.000000320. The van der Waals surface area contributed by atoms with Crippen LogP contribution in [0.5, 0.6) is 0 Å². The van der Waals surface area contributed by atoms with E-state index in [9.17, 15) is 13.2 Å². The van der Waals surface area contributed by atoms with E-state index in [1.54, 1.807) is 6.07 Å². The number of aryl methyl sites for hydroxylation is 1. The molecule has 1 aromatic carbocycles. The summed E-state index contributed by atoms with van der Waals surface area (Å²) in [7, 11) is 1.53. The van der Waals surface area contributed by atoms with Crippen LogP contribution in [0.25, 0.3) is 11.0 Å². The van der Waals surface area contributed by atoms with Gasteiger partial charge in [0.25, 0.3) is 0 Å². The third kappa shape index (κ3) is 5.04. The van der Waals surface area contributed by atoms with E-state index in [-0.39, 0.29) is 44.1 Å². The smallest absolute Gasteiger partial charge is 0.433 e. The molecule has 0 bridgehead atoms. The molecular weight excluding hydrogens is 380 g/mol. The third-order valence-electron chi connectivity index (χ3n) is 2.91. The number of aromatic nitrogens is 2. The topological polar surface area (TPSA) is 31.4 Å². The molecule has 3 nitrogen and oxygen atoms in total. The predicted octanol–water partition coefficient (Wildman–Crippen LogP) is 4.78. The first-order chi connectivity index (χ1) is 10.4. The van der Waals surface area contributed by atoms with Crippen molar-refractivity contribution in [3.8, 4) is 0 Å². The number of alkyl halides is 3. The molecule has 2 heterocycles. The van der Waals surface area contributed by atoms with Gasteiger partial charge >= 0.3 is 6.18 Å². The van der Waals surface area contributed by atoms with Crippen LogP contribution in [0.1, 0.15) is 11.4 Å². The van der Waals surface area contributed by atoms with E-state index in [4.69, 9.17) is 0 Å². The molecule has 23 heavy (non-hydrogen) atoms. The summed E-state index contributed by atoms with van der Waals surface area (Å²) in [5.74, 6) is 0. The monoisotopic (exact) mass is 394 g/mol. The van der Waals surface area contributed by atoms with E-state index in [1.807, 2.05) is 30.3 Å². The second kappa shape index (κ2) is 8.45. The van der Waals surface area contributed by atoms with Crippen molar-refractivity contribution in [3.05, 3.63) is 71.4 Å². The zero-order valence-corrected chi connectivity index (χ0v) is 15.5. The molecule has 0 spiro atoms. The quantitative estimate of drug-likeness (QED) is 0.547. The number of pyridine rings is 1. The van der Waals surface area contributed by atoms with Crippen LogP contribution in [0.2, 0.25) is 0 Å². The SMILES string of the molecule is C[N-]c1ccc2nc(C)c(C(F)(F)F)n2c1.[Y].[c-]1ccccc1. The molecule has 3 aromatic rings. The molecule has 0 saturated heterocycles. The van der Waals surface area contributed by atoms with Crippen LogP contribution in [0.3, 0.4) is 0 Å². The molecule has 0 N–H and O–H groups in total. The van der Waals surface area contributed by atoms with E-state index >= 15 is 0 Å². The molecule has 0 aliphatic carbocycles. The van der Waals surface area contributed by atoms with Crippen LogP contribution >= 0.6 is 0 Å². The zero-order valence-electron chi connectivity index (χ0n) is 12.7. The number of imidazole rings is 1. The average molecular weight is 394 g/mol. The number of halogens is 3. The number of benzene rings is 1. The zero-order chi connectivity index (χ0) is 16.2. The van der Waals surface area contributed by atoms with Crippen LogP contribution in [0.4, 0.5) is 18.9 Å². The molecule has 119 valence electrons. The van der Waals surface area contributed by atoms with Crippen LogP contribution in [-0.2, 0) is 38.9 Å². The van der Waals surface area contributed by atoms with E-state index in [0.717, 1.165) is 4.40 Å². The Hall–Kier alpha value is -1.40. The van der Waals surface area contributed by atoms with E-state index in [0.29, 0.717) is 5.69 Å². The summed E-state index contributed by atoms with van der Waals surface area (Å²) < 4.78 is 39.3. The van der Waals surface area contributed by atoms with Crippen molar-refractivity contribution in [1.82, 2.24) is 9.38 Å². The van der Waals surface area contributed by atoms with E-state index in [2.05, 4.69) is 16.4 Å². The summed E-state index contributed by atoms with van der Waals surface area (Å²) in [6, 6.07) is 15.6. The normalized spacial score (nSPS) is 10.5. The second-order valence-corrected chi connectivity index (χ2v) is 4.46. The maximum atomic E-state index is 12.8. The fraction of sp³-hybridized carbons (Fsp3) is 0.188. The van der Waals surface area contributed by atoms with Crippen molar-refractivity contribution in [2.45, 2.75) is 13.1 Å². The Morgan fingerprint density at radius 2 is 1.78 bits per heavy atom. The standard InChI is InChI=1S/C10H9F3N3.C6H5.Y/c1-6-9(10(11,12)13)16-5-7(14-2)3-4-8(16)15-6;1-2-4-6-5-3-1;/h3-5H,1-2H3;1-5H;/q2*-1;. The van der Waals surface area contributed by atoms with Gasteiger partial charge in [-0.15, -0.1) is 12.7 Å². The van der Waals surface area contributed by atoms with Gasteiger partial charge in [0, 0.05) is 32.7 Å². The number of nitrogens with zero attached hydrogens (tertiary/aromatic N) is 3. The van der Waals surface area contributed by atoms with Gasteiger partial charge in [-0.2, -0.15) is 49.6 Å². The summed E-state index contributed by atoms with van der Waals surface area (Å²) in [5.41, 5.74) is -0.0126. The Morgan fingerprint density at radius 1 is 1.13 bits per heavy atom. The minimum absolute atomic E-state index is 0. The number of fused-ring (bicyclic) bond motifs is 1. The molecule has 0 aliphatic heterocycles. The van der Waals surface area contributed by atoms with Crippen LogP contribution in [0, 0.1) is 13.0 Å². The molecule has 0 atom stereocenters. The van der Waals surface area contributed by atoms with Crippen LogP contribution in [-0.4, -0.2) is 16.4 Å². The van der Waals surface area contributed by atoms with Crippen LogP contribution in [0.15, 0.2) is 48.7 Å². The van der Waals surface area contributed by atoms with Gasteiger partial charge in [0.2, 0.25) is 0 Å². The summed E-state index contributed by atoms with van der Waals surface area (Å²) in [6.45, 7) is 1.35. The first-order valence-corrected chi connectivity index (χ1v) is 6.50. The Bertz CT molecular complexity index is 713. The summed E-state index contributed by atoms with van der Waals surface area (Å²) in [4.78, 5) is 3.86. The van der Waals surface area contributed by atoms with Crippen molar-refractivity contribution >= 4 is 11.3 Å². The molecule has 0 aliphatic rings. The molecule has 0 fully saturated rings. The molecule has 7 heteroatoms. The number of rotatable bonds is 1. The van der Waals surface area contributed by atoms with Gasteiger partial charge in [0.05, 0.1) is 5.69 Å². The van der Waals surface area contributed by atoms with Gasteiger partial charge in [0.1, 0.15) is 11.3 Å². The van der Waals surface area contributed by atoms with Gasteiger partial charge in [0.15, 0.2) is 0 Å². The fourth-order valence-electron chi connectivity index (χ4n) is 1.97. The molecule has 0 unspecified atom stereocenters. The average Bonchev–Trinajstić information content (AvgIpc) is 2.84. The Labute approximate surface area is 157 Å². The molecule has 2 aromatic heterocycles. The van der Waals surface area contributed by atoms with Gasteiger partial charge in [-0.3, -0.25) is 4.40 Å². The predicted molar refractivity (Wildman–Crippen MR) is 79.2 cm³/mol. The van der Waals surface area contributed by atoms with Gasteiger partial charge < -0.3 is 5.32 Å². The van der Waals surface area contributed by atoms with Gasteiger partial charge in [-0.25, -0.2) is 4.98 Å². The Morgan fingerprint density at radius 3 is 2.22 bits per heavy atom. The number of hydrogen-bond acceptors (Lipinski definition) is 1. The second-order valence-electron chi connectivity index (χ2n) is 4.46. The Kier molecular flexibility index (Phi) is 7.22. The van der Waals surface area contributed by atoms with E-state index in [1.165, 1.54) is 26.2 Å². The first-order valence-electron chi connectivity index (χ1n) is 6.50. The van der Waals surface area contributed by atoms with Crippen molar-refractivity contribution in [1.29, 1.82) is 0 Å². The minimum atomic E-state index is -4.41. The van der Waals surface area contributed by atoms with Crippen molar-refractivity contribution < 1.29 is 45.9 Å². The minimum Gasteiger partial charge on any atom is -0.686 e. The maximum absolute atomic E-state index is 12.8. The molecular formula is C16H14F3N3Y-2. The largest absolute Gasteiger partial charge is 0.686 e. The molecule has 0 amide bonds. The summed E-state index contributed by atoms with van der Waals surface area (Å²) in [5, 5.41) is 3.84. The van der Waals surface area contributed by atoms with E-state index < -0.39 is 11.9 Å².